The van der Waals surface area contributed by atoms with Crippen LogP contribution < -0.4 is 0 Å². The van der Waals surface area contributed by atoms with Gasteiger partial charge in [-0.3, -0.25) is 0 Å². The van der Waals surface area contributed by atoms with Gasteiger partial charge in [0.25, 0.3) is 0 Å². The minimum absolute atomic E-state index is 0.214. The summed E-state index contributed by atoms with van der Waals surface area (Å²) in [7, 11) is 0. The molecule has 0 amide bonds. The summed E-state index contributed by atoms with van der Waals surface area (Å²) in [5.41, 5.74) is 2.28. The van der Waals surface area contributed by atoms with Gasteiger partial charge in [0.1, 0.15) is 0 Å². The lowest BCUT2D eigenvalue weighted by Crippen LogP contribution is -2.24. The van der Waals surface area contributed by atoms with Crippen LogP contribution in [0.4, 0.5) is 0 Å². The molecular formula is C15H24O. The zero-order valence-corrected chi connectivity index (χ0v) is 11.0. The molecule has 1 heterocycles. The number of fused-ring (bicyclic) bond motifs is 2. The second kappa shape index (κ2) is 3.13. The highest BCUT2D eigenvalue weighted by molar-refractivity contribution is 5.23. The van der Waals surface area contributed by atoms with Crippen molar-refractivity contribution in [2.75, 3.05) is 0 Å². The van der Waals surface area contributed by atoms with Crippen LogP contribution in [0.5, 0.6) is 0 Å². The number of allylic oxidation sites excluding steroid dienone is 2. The molecule has 0 aromatic carbocycles. The summed E-state index contributed by atoms with van der Waals surface area (Å²) in [6, 6.07) is 0. The van der Waals surface area contributed by atoms with Crippen molar-refractivity contribution in [1.82, 2.24) is 0 Å². The van der Waals surface area contributed by atoms with Crippen LogP contribution in [0.25, 0.3) is 0 Å². The van der Waals surface area contributed by atoms with E-state index in [9.17, 15) is 0 Å². The average Bonchev–Trinajstić information content (AvgIpc) is 2.63. The van der Waals surface area contributed by atoms with Crippen molar-refractivity contribution in [1.29, 1.82) is 0 Å². The molecule has 16 heavy (non-hydrogen) atoms. The molecule has 0 N–H and O–H groups in total. The molecule has 4 atom stereocenters. The maximum Gasteiger partial charge on any atom is 0.0926 e. The average molecular weight is 220 g/mol. The third-order valence-corrected chi connectivity index (χ3v) is 4.94. The van der Waals surface area contributed by atoms with Gasteiger partial charge in [-0.2, -0.15) is 0 Å². The van der Waals surface area contributed by atoms with Crippen molar-refractivity contribution in [3.8, 4) is 0 Å². The Morgan fingerprint density at radius 1 is 1.19 bits per heavy atom. The van der Waals surface area contributed by atoms with Gasteiger partial charge < -0.3 is 4.74 Å². The van der Waals surface area contributed by atoms with E-state index in [4.69, 9.17) is 4.74 Å². The molecule has 0 radical (unpaired) electrons. The highest BCUT2D eigenvalue weighted by Crippen LogP contribution is 2.54. The summed E-state index contributed by atoms with van der Waals surface area (Å²) >= 11 is 0. The van der Waals surface area contributed by atoms with Gasteiger partial charge in [0.2, 0.25) is 0 Å². The quantitative estimate of drug-likeness (QED) is 0.445. The van der Waals surface area contributed by atoms with E-state index in [-0.39, 0.29) is 5.60 Å². The first-order chi connectivity index (χ1) is 7.40. The third kappa shape index (κ3) is 1.64. The van der Waals surface area contributed by atoms with Gasteiger partial charge >= 0.3 is 0 Å². The predicted molar refractivity (Wildman–Crippen MR) is 66.3 cm³/mol. The van der Waals surface area contributed by atoms with Crippen LogP contribution in [-0.2, 0) is 4.74 Å². The number of hydrogen-bond donors (Lipinski definition) is 0. The maximum absolute atomic E-state index is 5.97. The predicted octanol–water partition coefficient (Wildman–Crippen LogP) is 3.94. The maximum atomic E-state index is 5.97. The molecule has 0 aromatic rings. The molecule has 90 valence electrons. The van der Waals surface area contributed by atoms with Gasteiger partial charge in [-0.25, -0.2) is 0 Å². The van der Waals surface area contributed by atoms with E-state index in [0.29, 0.717) is 11.5 Å². The lowest BCUT2D eigenvalue weighted by Gasteiger charge is -2.28. The minimum Gasteiger partial charge on any atom is -0.366 e. The van der Waals surface area contributed by atoms with Gasteiger partial charge in [0.15, 0.2) is 0 Å². The van der Waals surface area contributed by atoms with Crippen LogP contribution in [0.1, 0.15) is 53.4 Å². The van der Waals surface area contributed by atoms with Gasteiger partial charge in [0.05, 0.1) is 11.7 Å². The van der Waals surface area contributed by atoms with Gasteiger partial charge in [-0.05, 0) is 49.9 Å². The van der Waals surface area contributed by atoms with E-state index in [0.717, 1.165) is 11.8 Å². The fourth-order valence-electron chi connectivity index (χ4n) is 3.87. The Bertz CT molecular complexity index is 341. The van der Waals surface area contributed by atoms with Crippen LogP contribution in [0.3, 0.4) is 0 Å². The van der Waals surface area contributed by atoms with E-state index in [2.05, 4.69) is 33.8 Å². The molecule has 3 aliphatic rings. The third-order valence-electron chi connectivity index (χ3n) is 4.94. The first-order valence-corrected chi connectivity index (χ1v) is 6.80. The van der Waals surface area contributed by atoms with E-state index < -0.39 is 0 Å². The molecule has 1 heteroatoms. The molecule has 0 bridgehead atoms. The molecule has 1 saturated carbocycles. The normalized spacial score (nSPS) is 49.8. The second-order valence-corrected chi connectivity index (χ2v) is 7.14. The Labute approximate surface area is 99.3 Å². The molecule has 2 fully saturated rings. The Morgan fingerprint density at radius 3 is 2.69 bits per heavy atom. The van der Waals surface area contributed by atoms with Crippen LogP contribution in [0.2, 0.25) is 0 Å². The summed E-state index contributed by atoms with van der Waals surface area (Å²) in [6.07, 6.45) is 8.34. The molecule has 3 rings (SSSR count). The second-order valence-electron chi connectivity index (χ2n) is 7.14. The highest BCUT2D eigenvalue weighted by atomic mass is 16.6. The Hall–Kier alpha value is -0.300. The number of epoxide rings is 1. The topological polar surface area (TPSA) is 12.5 Å². The van der Waals surface area contributed by atoms with Crippen molar-refractivity contribution < 1.29 is 4.74 Å². The SMILES string of the molecule is CC1CCC2CC3(C)OC3CC(C)(C)C=C12. The smallest absolute Gasteiger partial charge is 0.0926 e. The van der Waals surface area contributed by atoms with Crippen LogP contribution in [0.15, 0.2) is 11.6 Å². The fourth-order valence-corrected chi connectivity index (χ4v) is 3.87. The Balaban J connectivity index is 1.95. The van der Waals surface area contributed by atoms with E-state index in [1.807, 2.05) is 0 Å². The molecule has 1 saturated heterocycles. The van der Waals surface area contributed by atoms with Crippen molar-refractivity contribution >= 4 is 0 Å². The van der Waals surface area contributed by atoms with E-state index in [1.165, 1.54) is 25.7 Å². The molecule has 0 spiro atoms. The van der Waals surface area contributed by atoms with Gasteiger partial charge in [0, 0.05) is 0 Å². The number of rotatable bonds is 0. The first kappa shape index (κ1) is 10.8. The Kier molecular flexibility index (Phi) is 2.12. The largest absolute Gasteiger partial charge is 0.366 e. The van der Waals surface area contributed by atoms with Crippen molar-refractivity contribution in [3.63, 3.8) is 0 Å². The molecule has 1 aliphatic heterocycles. The molecule has 0 aromatic heterocycles. The molecule has 1 nitrogen and oxygen atoms in total. The Morgan fingerprint density at radius 2 is 1.94 bits per heavy atom. The number of ether oxygens (including phenoxy) is 1. The van der Waals surface area contributed by atoms with Gasteiger partial charge in [-0.15, -0.1) is 0 Å². The van der Waals surface area contributed by atoms with Crippen molar-refractivity contribution in [2.45, 2.75) is 65.1 Å². The van der Waals surface area contributed by atoms with E-state index in [1.54, 1.807) is 5.57 Å². The zero-order chi connectivity index (χ0) is 11.6. The molecular weight excluding hydrogens is 196 g/mol. The minimum atomic E-state index is 0.214. The molecule has 4 unspecified atom stereocenters. The fraction of sp³-hybridized carbons (Fsp3) is 0.867. The molecule has 2 aliphatic carbocycles. The summed E-state index contributed by atoms with van der Waals surface area (Å²) < 4.78 is 5.97. The van der Waals surface area contributed by atoms with Crippen molar-refractivity contribution in [2.24, 2.45) is 17.3 Å². The van der Waals surface area contributed by atoms with Crippen molar-refractivity contribution in [3.05, 3.63) is 11.6 Å². The van der Waals surface area contributed by atoms with Crippen LogP contribution >= 0.6 is 0 Å². The standard InChI is InChI=1S/C15H24O/c1-10-5-6-11-7-15(4)13(16-15)9-14(2,3)8-12(10)11/h8,10-11,13H,5-7,9H2,1-4H3. The van der Waals surface area contributed by atoms with Crippen LogP contribution in [-0.4, -0.2) is 11.7 Å². The van der Waals surface area contributed by atoms with Gasteiger partial charge in [-0.1, -0.05) is 32.4 Å². The lowest BCUT2D eigenvalue weighted by molar-refractivity contribution is 0.270. The number of hydrogen-bond acceptors (Lipinski definition) is 1. The van der Waals surface area contributed by atoms with Crippen LogP contribution in [0, 0.1) is 17.3 Å². The lowest BCUT2D eigenvalue weighted by atomic mass is 9.75. The summed E-state index contributed by atoms with van der Waals surface area (Å²) in [4.78, 5) is 0. The van der Waals surface area contributed by atoms with E-state index >= 15 is 0 Å². The summed E-state index contributed by atoms with van der Waals surface area (Å²) in [5.74, 6) is 1.62. The monoisotopic (exact) mass is 220 g/mol. The zero-order valence-electron chi connectivity index (χ0n) is 11.0. The first-order valence-electron chi connectivity index (χ1n) is 6.80. The summed E-state index contributed by atoms with van der Waals surface area (Å²) in [6.45, 7) is 9.46. The highest BCUT2D eigenvalue weighted by Gasteiger charge is 2.56. The summed E-state index contributed by atoms with van der Waals surface area (Å²) in [5, 5.41) is 0.